The Bertz CT molecular complexity index is 1300. The number of aliphatic hydroxyl groups excluding tert-OH is 1. The smallest absolute Gasteiger partial charge is 0.316 e. The molecule has 0 spiro atoms. The predicted molar refractivity (Wildman–Crippen MR) is 135 cm³/mol. The highest BCUT2D eigenvalue weighted by Gasteiger charge is 2.20. The lowest BCUT2D eigenvalue weighted by Crippen LogP contribution is -2.39. The average Bonchev–Trinajstić information content (AvgIpc) is 3.22. The fraction of sp³-hybridized carbons (Fsp3) is 0.296. The highest BCUT2D eigenvalue weighted by Crippen LogP contribution is 2.27. The van der Waals surface area contributed by atoms with Gasteiger partial charge in [-0.2, -0.15) is 0 Å². The van der Waals surface area contributed by atoms with E-state index in [-0.39, 0.29) is 18.5 Å². The zero-order chi connectivity index (χ0) is 24.8. The summed E-state index contributed by atoms with van der Waals surface area (Å²) in [5.41, 5.74) is 4.08. The standard InChI is InChI=1S/C27H30N4O4/c1-4-11-35-25-10-9-18(20-14-28-27(34-3)29-15-20)13-23(25)26(33)30-21(17-32)12-19-16-31(2)24-8-6-5-7-22(19)24/h5-10,13-16,21,32H,4,11-12,17H2,1-3H3,(H,30,33). The molecule has 0 aliphatic rings. The van der Waals surface area contributed by atoms with Crippen molar-refractivity contribution in [3.05, 3.63) is 72.2 Å². The van der Waals surface area contributed by atoms with Gasteiger partial charge in [0.15, 0.2) is 0 Å². The number of nitrogens with zero attached hydrogens (tertiary/aromatic N) is 3. The fourth-order valence-electron chi connectivity index (χ4n) is 4.07. The van der Waals surface area contributed by atoms with E-state index in [0.29, 0.717) is 24.3 Å². The Labute approximate surface area is 204 Å². The second-order valence-electron chi connectivity index (χ2n) is 8.36. The number of fused-ring (bicyclic) bond motifs is 1. The van der Waals surface area contributed by atoms with Crippen molar-refractivity contribution < 1.29 is 19.4 Å². The number of hydrogen-bond acceptors (Lipinski definition) is 6. The van der Waals surface area contributed by atoms with E-state index < -0.39 is 6.04 Å². The molecule has 2 N–H and O–H groups in total. The summed E-state index contributed by atoms with van der Waals surface area (Å²) in [5, 5.41) is 14.2. The summed E-state index contributed by atoms with van der Waals surface area (Å²) in [7, 11) is 3.50. The van der Waals surface area contributed by atoms with Crippen LogP contribution in [0.15, 0.2) is 61.1 Å². The van der Waals surface area contributed by atoms with Gasteiger partial charge in [-0.05, 0) is 42.2 Å². The molecule has 0 bridgehead atoms. The van der Waals surface area contributed by atoms with Gasteiger partial charge in [0.1, 0.15) is 5.75 Å². The second kappa shape index (κ2) is 11.0. The quantitative estimate of drug-likeness (QED) is 0.363. The molecule has 0 radical (unpaired) electrons. The lowest BCUT2D eigenvalue weighted by Gasteiger charge is -2.18. The van der Waals surface area contributed by atoms with Crippen molar-refractivity contribution in [2.45, 2.75) is 25.8 Å². The number of nitrogens with one attached hydrogen (secondary N) is 1. The molecule has 2 aromatic heterocycles. The third kappa shape index (κ3) is 5.44. The first kappa shape index (κ1) is 24.2. The number of aliphatic hydroxyl groups is 1. The number of methoxy groups -OCH3 is 1. The van der Waals surface area contributed by atoms with Crippen molar-refractivity contribution in [3.63, 3.8) is 0 Å². The van der Waals surface area contributed by atoms with E-state index in [1.54, 1.807) is 24.5 Å². The summed E-state index contributed by atoms with van der Waals surface area (Å²) in [5.74, 6) is 0.177. The molecule has 4 rings (SSSR count). The maximum absolute atomic E-state index is 13.4. The van der Waals surface area contributed by atoms with E-state index in [0.717, 1.165) is 34.0 Å². The minimum atomic E-state index is -0.458. The molecule has 0 aliphatic heterocycles. The van der Waals surface area contributed by atoms with Crippen LogP contribution in [0, 0.1) is 0 Å². The molecule has 0 aliphatic carbocycles. The van der Waals surface area contributed by atoms with Crippen molar-refractivity contribution in [1.29, 1.82) is 0 Å². The third-order valence-corrected chi connectivity index (χ3v) is 5.83. The van der Waals surface area contributed by atoms with Gasteiger partial charge in [-0.15, -0.1) is 0 Å². The van der Waals surface area contributed by atoms with Gasteiger partial charge >= 0.3 is 6.01 Å². The van der Waals surface area contributed by atoms with Crippen LogP contribution in [0.3, 0.4) is 0 Å². The summed E-state index contributed by atoms with van der Waals surface area (Å²) in [6.07, 6.45) is 6.65. The first-order valence-corrected chi connectivity index (χ1v) is 11.6. The lowest BCUT2D eigenvalue weighted by atomic mass is 10.0. The Morgan fingerprint density at radius 1 is 1.14 bits per heavy atom. The van der Waals surface area contributed by atoms with Crippen molar-refractivity contribution in [3.8, 4) is 22.9 Å². The number of ether oxygens (including phenoxy) is 2. The highest BCUT2D eigenvalue weighted by atomic mass is 16.5. The molecule has 1 atom stereocenters. The minimum absolute atomic E-state index is 0.188. The van der Waals surface area contributed by atoms with Crippen LogP contribution in [0.25, 0.3) is 22.0 Å². The zero-order valence-electron chi connectivity index (χ0n) is 20.2. The largest absolute Gasteiger partial charge is 0.493 e. The van der Waals surface area contributed by atoms with Crippen LogP contribution >= 0.6 is 0 Å². The number of amides is 1. The monoisotopic (exact) mass is 474 g/mol. The zero-order valence-corrected chi connectivity index (χ0v) is 20.2. The van der Waals surface area contributed by atoms with Crippen LogP contribution < -0.4 is 14.8 Å². The van der Waals surface area contributed by atoms with Gasteiger partial charge in [0.25, 0.3) is 5.91 Å². The number of para-hydroxylation sites is 1. The third-order valence-electron chi connectivity index (χ3n) is 5.83. The summed E-state index contributed by atoms with van der Waals surface area (Å²) in [6.45, 7) is 2.31. The van der Waals surface area contributed by atoms with E-state index in [4.69, 9.17) is 9.47 Å². The Hall–Kier alpha value is -3.91. The normalized spacial score (nSPS) is 11.9. The molecule has 2 heterocycles. The molecular formula is C27H30N4O4. The van der Waals surface area contributed by atoms with Crippen LogP contribution in [0.1, 0.15) is 29.3 Å². The Balaban J connectivity index is 1.59. The summed E-state index contributed by atoms with van der Waals surface area (Å²) in [6, 6.07) is 13.3. The molecule has 0 saturated carbocycles. The van der Waals surface area contributed by atoms with Crippen molar-refractivity contribution in [2.24, 2.45) is 7.05 Å². The second-order valence-corrected chi connectivity index (χ2v) is 8.36. The molecule has 1 unspecified atom stereocenters. The van der Waals surface area contributed by atoms with E-state index in [2.05, 4.69) is 32.0 Å². The van der Waals surface area contributed by atoms with Crippen LogP contribution in [0.2, 0.25) is 0 Å². The maximum Gasteiger partial charge on any atom is 0.316 e. The predicted octanol–water partition coefficient (Wildman–Crippen LogP) is 3.77. The van der Waals surface area contributed by atoms with E-state index in [1.165, 1.54) is 7.11 Å². The number of carbonyl (C=O) groups excluding carboxylic acids is 1. The van der Waals surface area contributed by atoms with Crippen LogP contribution in [-0.2, 0) is 13.5 Å². The van der Waals surface area contributed by atoms with Crippen LogP contribution in [0.5, 0.6) is 11.8 Å². The summed E-state index contributed by atoms with van der Waals surface area (Å²) >= 11 is 0. The van der Waals surface area contributed by atoms with Crippen LogP contribution in [-0.4, -0.2) is 51.9 Å². The van der Waals surface area contributed by atoms with Crippen LogP contribution in [0.4, 0.5) is 0 Å². The number of aromatic nitrogens is 3. The molecule has 35 heavy (non-hydrogen) atoms. The Morgan fingerprint density at radius 2 is 1.91 bits per heavy atom. The maximum atomic E-state index is 13.4. The SMILES string of the molecule is CCCOc1ccc(-c2cnc(OC)nc2)cc1C(=O)NC(CO)Cc1cn(C)c2ccccc12. The van der Waals surface area contributed by atoms with Gasteiger partial charge < -0.3 is 24.5 Å². The molecule has 4 aromatic rings. The Morgan fingerprint density at radius 3 is 2.63 bits per heavy atom. The molecule has 0 saturated heterocycles. The van der Waals surface area contributed by atoms with E-state index in [1.807, 2.05) is 38.4 Å². The van der Waals surface area contributed by atoms with E-state index in [9.17, 15) is 9.90 Å². The summed E-state index contributed by atoms with van der Waals surface area (Å²) < 4.78 is 12.9. The van der Waals surface area contributed by atoms with E-state index >= 15 is 0 Å². The number of carbonyl (C=O) groups is 1. The van der Waals surface area contributed by atoms with Crippen molar-refractivity contribution in [1.82, 2.24) is 19.9 Å². The molecule has 1 amide bonds. The molecule has 8 nitrogen and oxygen atoms in total. The summed E-state index contributed by atoms with van der Waals surface area (Å²) in [4.78, 5) is 21.7. The number of rotatable bonds is 10. The number of aryl methyl sites for hydroxylation is 1. The average molecular weight is 475 g/mol. The molecular weight excluding hydrogens is 444 g/mol. The molecule has 182 valence electrons. The fourth-order valence-corrected chi connectivity index (χ4v) is 4.07. The first-order valence-electron chi connectivity index (χ1n) is 11.6. The Kier molecular flexibility index (Phi) is 7.62. The molecule has 0 fully saturated rings. The minimum Gasteiger partial charge on any atom is -0.493 e. The van der Waals surface area contributed by atoms with Gasteiger partial charge in [-0.1, -0.05) is 31.2 Å². The highest BCUT2D eigenvalue weighted by molar-refractivity contribution is 5.98. The van der Waals surface area contributed by atoms with Gasteiger partial charge in [-0.3, -0.25) is 4.79 Å². The van der Waals surface area contributed by atoms with Crippen molar-refractivity contribution in [2.75, 3.05) is 20.3 Å². The molecule has 2 aromatic carbocycles. The number of hydrogen-bond donors (Lipinski definition) is 2. The van der Waals surface area contributed by atoms with Gasteiger partial charge in [0.2, 0.25) is 0 Å². The van der Waals surface area contributed by atoms with Gasteiger partial charge in [0.05, 0.1) is 31.9 Å². The molecule has 8 heteroatoms. The number of benzene rings is 2. The topological polar surface area (TPSA) is 98.5 Å². The lowest BCUT2D eigenvalue weighted by molar-refractivity contribution is 0.0912. The van der Waals surface area contributed by atoms with Gasteiger partial charge in [-0.25, -0.2) is 9.97 Å². The van der Waals surface area contributed by atoms with Crippen molar-refractivity contribution >= 4 is 16.8 Å². The van der Waals surface area contributed by atoms with Gasteiger partial charge in [0, 0.05) is 42.1 Å². The first-order chi connectivity index (χ1) is 17.0.